The zero-order valence-electron chi connectivity index (χ0n) is 9.63. The van der Waals surface area contributed by atoms with E-state index in [1.165, 1.54) is 6.14 Å². The molecule has 0 aliphatic carbocycles. The van der Waals surface area contributed by atoms with Crippen molar-refractivity contribution >= 4 is 6.14 Å². The second-order valence-electron chi connectivity index (χ2n) is 4.03. The molecule has 0 fully saturated rings. The van der Waals surface area contributed by atoms with E-state index in [0.717, 1.165) is 11.1 Å². The van der Waals surface area contributed by atoms with Gasteiger partial charge in [0, 0.05) is 0 Å². The van der Waals surface area contributed by atoms with Crippen LogP contribution in [0.1, 0.15) is 11.1 Å². The Balaban J connectivity index is 2.31. The van der Waals surface area contributed by atoms with Gasteiger partial charge in [-0.2, -0.15) is 0 Å². The molecule has 2 aromatic rings. The summed E-state index contributed by atoms with van der Waals surface area (Å²) in [5, 5.41) is 18.6. The molecule has 0 aromatic heterocycles. The predicted octanol–water partition coefficient (Wildman–Crippen LogP) is 0.705. The van der Waals surface area contributed by atoms with Crippen molar-refractivity contribution in [3.63, 3.8) is 0 Å². The summed E-state index contributed by atoms with van der Waals surface area (Å²) in [5.74, 6) is 0. The van der Waals surface area contributed by atoms with Crippen LogP contribution in [0.15, 0.2) is 48.5 Å². The zero-order valence-corrected chi connectivity index (χ0v) is 15.1. The van der Waals surface area contributed by atoms with Crippen LogP contribution in [0.25, 0.3) is 0 Å². The van der Waals surface area contributed by atoms with Crippen LogP contribution in [0.4, 0.5) is 0 Å². The van der Waals surface area contributed by atoms with Crippen molar-refractivity contribution in [2.45, 2.75) is 13.2 Å². The van der Waals surface area contributed by atoms with Crippen LogP contribution in [0.5, 0.6) is 0 Å². The summed E-state index contributed by atoms with van der Waals surface area (Å²) in [4.78, 5) is 0. The van der Waals surface area contributed by atoms with Crippen LogP contribution in [-0.2, 0) is 37.8 Å². The van der Waals surface area contributed by atoms with E-state index in [1.807, 2.05) is 36.4 Å². The number of rotatable bonds is 4. The first-order valence-corrected chi connectivity index (χ1v) is 11.2. The minimum atomic E-state index is -1.46. The Morgan fingerprint density at radius 1 is 0.706 bits per heavy atom. The Bertz CT molecular complexity index is 452. The molecule has 0 saturated heterocycles. The van der Waals surface area contributed by atoms with E-state index in [1.54, 1.807) is 0 Å². The van der Waals surface area contributed by atoms with Gasteiger partial charge in [-0.1, -0.05) is 0 Å². The summed E-state index contributed by atoms with van der Waals surface area (Å²) in [6, 6.07) is 16.2. The summed E-state index contributed by atoms with van der Waals surface area (Å²) < 4.78 is 2.66. The summed E-state index contributed by atoms with van der Waals surface area (Å²) in [6.45, 7) is 0.217. The fourth-order valence-corrected chi connectivity index (χ4v) is 9.09. The van der Waals surface area contributed by atoms with E-state index in [2.05, 4.69) is 12.1 Å². The van der Waals surface area contributed by atoms with Gasteiger partial charge < -0.3 is 0 Å². The molecule has 2 aromatic carbocycles. The van der Waals surface area contributed by atoms with Crippen LogP contribution in [0.2, 0.25) is 0 Å². The fraction of sp³-hybridized carbons (Fsp3) is 0.143. The summed E-state index contributed by atoms with van der Waals surface area (Å²) in [5.41, 5.74) is 2.09. The van der Waals surface area contributed by atoms with Crippen LogP contribution >= 0.6 is 0 Å². The Morgan fingerprint density at radius 3 is 1.53 bits per heavy atom. The molecule has 0 atom stereocenters. The number of hydrogen-bond acceptors (Lipinski definition) is 2. The van der Waals surface area contributed by atoms with E-state index >= 15 is 0 Å². The first-order chi connectivity index (χ1) is 8.35. The molecule has 2 rings (SSSR count). The molecule has 17 heavy (non-hydrogen) atoms. The average molecular weight is 415 g/mol. The van der Waals surface area contributed by atoms with Crippen molar-refractivity contribution in [3.05, 3.63) is 59.7 Å². The van der Waals surface area contributed by atoms with Crippen molar-refractivity contribution in [1.82, 2.24) is 0 Å². The maximum absolute atomic E-state index is 9.31. The van der Waals surface area contributed by atoms with Crippen LogP contribution in [0, 0.1) is 0 Å². The molecule has 2 nitrogen and oxygen atoms in total. The van der Waals surface area contributed by atoms with Crippen molar-refractivity contribution in [3.8, 4) is 0 Å². The van der Waals surface area contributed by atoms with Crippen molar-refractivity contribution in [2.75, 3.05) is 0 Å². The third-order valence-electron chi connectivity index (χ3n) is 2.96. The summed E-state index contributed by atoms with van der Waals surface area (Å²) in [7, 11) is 0. The van der Waals surface area contributed by atoms with Gasteiger partial charge in [0.15, 0.2) is 0 Å². The molecule has 0 saturated carbocycles. The van der Waals surface area contributed by atoms with Gasteiger partial charge in [0.25, 0.3) is 0 Å². The molecule has 0 heterocycles. The standard InChI is InChI=1S/2C7H7O.Hg/c2*8-6-7-4-2-1-3-5-7;/h2*1-4,8H,6H2;. The fourth-order valence-electron chi connectivity index (χ4n) is 1.97. The van der Waals surface area contributed by atoms with Gasteiger partial charge in [-0.3, -0.25) is 0 Å². The van der Waals surface area contributed by atoms with E-state index in [0.29, 0.717) is 0 Å². The molecule has 3 heteroatoms. The van der Waals surface area contributed by atoms with Gasteiger partial charge in [0.2, 0.25) is 0 Å². The number of aliphatic hydroxyl groups is 2. The molecule has 0 amide bonds. The molecule has 0 aliphatic rings. The van der Waals surface area contributed by atoms with Crippen molar-refractivity contribution < 1.29 is 34.8 Å². The quantitative estimate of drug-likeness (QED) is 0.723. The van der Waals surface area contributed by atoms with E-state index in [4.69, 9.17) is 0 Å². The SMILES string of the molecule is OCc1cccc[c]1[Hg][c]1ccccc1CO. The van der Waals surface area contributed by atoms with E-state index < -0.39 is 24.6 Å². The van der Waals surface area contributed by atoms with Gasteiger partial charge in [0.05, 0.1) is 0 Å². The number of hydrogen-bond donors (Lipinski definition) is 2. The number of aliphatic hydroxyl groups excluding tert-OH is 2. The first kappa shape index (κ1) is 12.7. The third kappa shape index (κ3) is 3.15. The normalized spacial score (nSPS) is 10.0. The van der Waals surface area contributed by atoms with Gasteiger partial charge in [-0.25, -0.2) is 0 Å². The van der Waals surface area contributed by atoms with Crippen molar-refractivity contribution in [1.29, 1.82) is 0 Å². The molecular formula is C14H14HgO2. The van der Waals surface area contributed by atoms with Crippen molar-refractivity contribution in [2.24, 2.45) is 0 Å². The van der Waals surface area contributed by atoms with Gasteiger partial charge in [-0.15, -0.1) is 0 Å². The van der Waals surface area contributed by atoms with E-state index in [9.17, 15) is 10.2 Å². The van der Waals surface area contributed by atoms with Crippen LogP contribution in [-0.4, -0.2) is 10.2 Å². The molecule has 0 bridgehead atoms. The molecule has 0 spiro atoms. The molecule has 0 aliphatic heterocycles. The Labute approximate surface area is 113 Å². The van der Waals surface area contributed by atoms with Crippen LogP contribution < -0.4 is 6.14 Å². The molecule has 84 valence electrons. The molecule has 0 unspecified atom stereocenters. The topological polar surface area (TPSA) is 40.5 Å². The van der Waals surface area contributed by atoms with Gasteiger partial charge >= 0.3 is 114 Å². The summed E-state index contributed by atoms with van der Waals surface area (Å²) >= 11 is -1.46. The molecule has 0 radical (unpaired) electrons. The zero-order chi connectivity index (χ0) is 12.1. The average Bonchev–Trinajstić information content (AvgIpc) is 2.40. The monoisotopic (exact) mass is 416 g/mol. The van der Waals surface area contributed by atoms with E-state index in [-0.39, 0.29) is 13.2 Å². The maximum atomic E-state index is 9.31. The second-order valence-corrected chi connectivity index (χ2v) is 11.3. The number of benzene rings is 2. The van der Waals surface area contributed by atoms with Gasteiger partial charge in [-0.05, 0) is 0 Å². The van der Waals surface area contributed by atoms with Gasteiger partial charge in [0.1, 0.15) is 0 Å². The minimum absolute atomic E-state index is 0.109. The third-order valence-corrected chi connectivity index (χ3v) is 11.3. The Hall–Kier alpha value is -0.705. The second kappa shape index (κ2) is 6.29. The van der Waals surface area contributed by atoms with Crippen LogP contribution in [0.3, 0.4) is 0 Å². The predicted molar refractivity (Wildman–Crippen MR) is 64.0 cm³/mol. The Morgan fingerprint density at radius 2 is 1.12 bits per heavy atom. The molecule has 2 N–H and O–H groups in total. The summed E-state index contributed by atoms with van der Waals surface area (Å²) in [6.07, 6.45) is 0. The molecular weight excluding hydrogens is 401 g/mol. The first-order valence-electron chi connectivity index (χ1n) is 5.70. The Kier molecular flexibility index (Phi) is 4.71.